The summed E-state index contributed by atoms with van der Waals surface area (Å²) in [6.07, 6.45) is 2.26. The first-order valence-corrected chi connectivity index (χ1v) is 41.0. The molecule has 9 heterocycles. The van der Waals surface area contributed by atoms with E-state index in [1.165, 1.54) is 17.0 Å². The molecule has 13 atom stereocenters. The molecule has 4 fully saturated rings. The number of hydrogen-bond acceptors (Lipinski definition) is 25. The van der Waals surface area contributed by atoms with Crippen LogP contribution in [0, 0.1) is 86.3 Å². The molecule has 36 heteroatoms. The Labute approximate surface area is 724 Å². The number of nitrogens with two attached hydrogens (primary N) is 2. The molecule has 0 aliphatic carbocycles. The van der Waals surface area contributed by atoms with Gasteiger partial charge >= 0.3 is 13.7 Å². The lowest BCUT2D eigenvalue weighted by Gasteiger charge is -2.30. The number of benzene rings is 3. The smallest absolute Gasteiger partial charge is 0.535 e. The maximum absolute atomic E-state index is 13.7. The zero-order valence-electron chi connectivity index (χ0n) is 71.6. The first kappa shape index (κ1) is 101. The van der Waals surface area contributed by atoms with Crippen LogP contribution in [0.15, 0.2) is 134 Å². The van der Waals surface area contributed by atoms with Gasteiger partial charge in [-0.05, 0) is 144 Å². The van der Waals surface area contributed by atoms with E-state index in [0.717, 1.165) is 55.7 Å². The van der Waals surface area contributed by atoms with E-state index < -0.39 is 47.2 Å². The highest BCUT2D eigenvalue weighted by Crippen LogP contribution is 2.42. The number of rotatable bonds is 21. The molecular formula is C84H117BBr2ClFN13O18. The summed E-state index contributed by atoms with van der Waals surface area (Å²) in [4.78, 5) is 76.1. The molecule has 4 saturated heterocycles. The van der Waals surface area contributed by atoms with Crippen LogP contribution in [0.2, 0.25) is 0 Å². The monoisotopic (exact) mass is 1820 g/mol. The SMILES string of the molecule is COC(C)(OC)c1ccc(Br)cc1.Cc1cc(C(C(=O)N2C[C@H](C)C[C@H]2/C(N)=N/O)C(C)C)on1.Cc1cc(C(C(=O)N2C[C@H](C)C[C@H]2C#N)C(C)C)on1.Cc1cc(C(C(=O)N2C[C@H](C)C[C@H]2C2=NOC(C)(c3ccc(Br)cc3)C2)C(C)C)on1.Cc1cc(C(C(=O)N2C[C@H](O)C[C@H]2C(=O)O)C(C)C)on1.Cl.NO.O[B]Oc1ccccc1F. The number of para-hydroxylation sites is 1. The Hall–Kier alpha value is -9.12. The number of carboxylic acid groups (broad SMARTS) is 1. The second-order valence-corrected chi connectivity index (χ2v) is 34.2. The van der Waals surface area contributed by atoms with Crippen molar-refractivity contribution in [1.29, 1.82) is 5.26 Å². The van der Waals surface area contributed by atoms with Gasteiger partial charge in [0.05, 0.1) is 52.7 Å². The molecule has 5 aliphatic heterocycles. The van der Waals surface area contributed by atoms with Crippen molar-refractivity contribution in [2.45, 2.75) is 215 Å². The summed E-state index contributed by atoms with van der Waals surface area (Å²) in [5, 5.41) is 74.8. The Kier molecular flexibility index (Phi) is 39.5. The van der Waals surface area contributed by atoms with E-state index in [9.17, 15) is 43.8 Å². The molecule has 0 spiro atoms. The average Bonchev–Trinajstić information content (AvgIpc) is 1.63. The first-order chi connectivity index (χ1) is 56.2. The van der Waals surface area contributed by atoms with Gasteiger partial charge in [-0.15, -0.1) is 12.4 Å². The first-order valence-electron chi connectivity index (χ1n) is 39.5. The Balaban J connectivity index is 0.000000262. The van der Waals surface area contributed by atoms with Crippen molar-refractivity contribution in [2.24, 2.45) is 63.4 Å². The quantitative estimate of drug-likeness (QED) is 0.00877. The fourth-order valence-corrected chi connectivity index (χ4v) is 15.6. The lowest BCUT2D eigenvalue weighted by atomic mass is 9.87. The number of β-amino-alcohol motifs (C(OH)–C–C–N with tert-alkyl or cyclic N) is 1. The second-order valence-electron chi connectivity index (χ2n) is 32.4. The maximum Gasteiger partial charge on any atom is 0.569 e. The fourth-order valence-electron chi connectivity index (χ4n) is 15.1. The molecule has 12 rings (SSSR count). The van der Waals surface area contributed by atoms with Gasteiger partial charge in [-0.25, -0.2) is 15.1 Å². The molecule has 5 aliphatic rings. The standard InChI is InChI=1S/C24H30BrN3O3.C15H24N4O3.C15H21N3O2.C14H20N2O5.C10H13BrO2.C6H5BFO2.ClH.H3NO/c1-14(2)22(21-11-16(4)26-30-21)23(29)28-13-15(3)10-20(28)19-12-24(5,31-27-19)17-6-8-18(25)9-7-17;1-8(2)13(12-6-10(4)18-22-12)15(20)19-7-9(3)5-11(19)14(16)17-21;1-9(2)14(13-6-11(4)17-20-13)15(19)18-8-10(3)5-12(18)7-16;1-7(2)12(11-4-8(3)15-21-11)13(18)16-6-9(17)5-10(16)14(19)20;1-10(12-2,13-3)8-4-6-9(11)7-5-8;8-5-3-1-2-4-6(5)10-7-9;;1-2/h6-9,11,14-15,20,22H,10,12-13H2,1-5H3;6,8-9,11,13,21H,5,7H2,1-4H3,(H2,16,17);6,9-10,12,14H,5,8H2,1-4H3;4,7,9-10,12,17H,5-6H2,1-3H3,(H,19,20);4-7H,1-3H3;1-4,9H;1H;2H,1H2/t15-,20+,22?,24?;9-,11+,13?;10-,12+,14?;9-,10+,12?;;;;/m1111..../s1. The summed E-state index contributed by atoms with van der Waals surface area (Å²) in [5.74, 6) is 2.77. The minimum atomic E-state index is -1.10. The number of aliphatic hydroxyl groups excluding tert-OH is 1. The van der Waals surface area contributed by atoms with Crippen LogP contribution >= 0.6 is 44.3 Å². The van der Waals surface area contributed by atoms with Gasteiger partial charge in [-0.1, -0.05) is 175 Å². The highest BCUT2D eigenvalue weighted by Gasteiger charge is 2.48. The Morgan fingerprint density at radius 3 is 1.41 bits per heavy atom. The summed E-state index contributed by atoms with van der Waals surface area (Å²) >= 11 is 6.86. The second kappa shape index (κ2) is 46.8. The molecule has 3 aromatic carbocycles. The van der Waals surface area contributed by atoms with Crippen molar-refractivity contribution < 1.29 is 91.1 Å². The van der Waals surface area contributed by atoms with E-state index in [4.69, 9.17) is 53.6 Å². The number of amidine groups is 1. The van der Waals surface area contributed by atoms with Crippen molar-refractivity contribution in [3.05, 3.63) is 169 Å². The summed E-state index contributed by atoms with van der Waals surface area (Å²) in [6.45, 7) is 35.3. The molecule has 1 radical (unpaired) electrons. The van der Waals surface area contributed by atoms with Crippen molar-refractivity contribution in [2.75, 3.05) is 40.4 Å². The number of aromatic nitrogens is 4. The predicted octanol–water partition coefficient (Wildman–Crippen LogP) is 13.8. The number of halogens is 4. The molecule has 0 bridgehead atoms. The normalized spacial score (nSPS) is 21.5. The summed E-state index contributed by atoms with van der Waals surface area (Å²) in [6, 6.07) is 29.5. The van der Waals surface area contributed by atoms with Crippen molar-refractivity contribution in [1.82, 2.24) is 40.2 Å². The molecule has 9 N–H and O–H groups in total. The molecular weight excluding hydrogens is 1700 g/mol. The van der Waals surface area contributed by atoms with Crippen LogP contribution in [0.4, 0.5) is 4.39 Å². The molecule has 657 valence electrons. The van der Waals surface area contributed by atoms with Gasteiger partial charge in [0.25, 0.3) is 0 Å². The lowest BCUT2D eigenvalue weighted by Crippen LogP contribution is -2.46. The van der Waals surface area contributed by atoms with Gasteiger partial charge in [0, 0.05) is 92.0 Å². The number of carbonyl (C=O) groups excluding carboxylic acids is 4. The molecule has 4 amide bonds. The number of methoxy groups -OCH3 is 2. The number of aliphatic carboxylic acids is 1. The van der Waals surface area contributed by atoms with Crippen LogP contribution in [0.1, 0.15) is 203 Å². The molecule has 120 heavy (non-hydrogen) atoms. The number of carbonyl (C=O) groups is 5. The van der Waals surface area contributed by atoms with Gasteiger partial charge in [-0.3, -0.25) is 19.2 Å². The number of amides is 4. The van der Waals surface area contributed by atoms with Crippen LogP contribution in [-0.4, -0.2) is 185 Å². The number of ether oxygens (including phenoxy) is 2. The number of likely N-dealkylation sites (tertiary alicyclic amines) is 4. The van der Waals surface area contributed by atoms with Crippen LogP contribution in [0.25, 0.3) is 0 Å². The van der Waals surface area contributed by atoms with Crippen molar-refractivity contribution >= 4 is 93.1 Å². The minimum absolute atomic E-state index is 0. The highest BCUT2D eigenvalue weighted by molar-refractivity contribution is 9.10. The van der Waals surface area contributed by atoms with E-state index in [1.54, 1.807) is 55.2 Å². The van der Waals surface area contributed by atoms with E-state index in [2.05, 4.69) is 126 Å². The fraction of sp³-hybridized carbons (Fsp3) is 0.548. The Morgan fingerprint density at radius 2 is 1.02 bits per heavy atom. The summed E-state index contributed by atoms with van der Waals surface area (Å²) in [5.41, 5.74) is 11.2. The summed E-state index contributed by atoms with van der Waals surface area (Å²) < 4.78 is 50.8. The zero-order chi connectivity index (χ0) is 88.7. The number of oxime groups is 2. The lowest BCUT2D eigenvalue weighted by molar-refractivity contribution is -0.201. The zero-order valence-corrected chi connectivity index (χ0v) is 75.6. The topological polar surface area (TPSA) is 441 Å². The van der Waals surface area contributed by atoms with Crippen LogP contribution < -0.4 is 16.3 Å². The van der Waals surface area contributed by atoms with Gasteiger partial charge in [0.15, 0.2) is 23.0 Å². The largest absolute Gasteiger partial charge is 0.569 e. The van der Waals surface area contributed by atoms with Crippen LogP contribution in [0.3, 0.4) is 0 Å². The van der Waals surface area contributed by atoms with E-state index >= 15 is 0 Å². The molecule has 0 saturated carbocycles. The summed E-state index contributed by atoms with van der Waals surface area (Å²) in [7, 11) is 3.70. The van der Waals surface area contributed by atoms with E-state index in [-0.39, 0.29) is 114 Å². The van der Waals surface area contributed by atoms with E-state index in [0.29, 0.717) is 86.6 Å². The van der Waals surface area contributed by atoms with Gasteiger partial charge in [-0.2, -0.15) is 5.26 Å². The molecule has 7 aromatic rings. The number of nitriles is 1. The third kappa shape index (κ3) is 26.7. The van der Waals surface area contributed by atoms with Gasteiger partial charge in [0.2, 0.25) is 23.6 Å². The third-order valence-corrected chi connectivity index (χ3v) is 22.3. The number of nitrogens with zero attached hydrogens (tertiary/aromatic N) is 11. The molecule has 4 aromatic heterocycles. The van der Waals surface area contributed by atoms with Crippen LogP contribution in [0.5, 0.6) is 5.75 Å². The van der Waals surface area contributed by atoms with Crippen molar-refractivity contribution in [3.63, 3.8) is 0 Å². The molecule has 5 unspecified atom stereocenters. The minimum Gasteiger partial charge on any atom is -0.535 e. The molecule has 31 nitrogen and oxygen atoms in total. The third-order valence-electron chi connectivity index (χ3n) is 21.3. The number of carboxylic acids is 1. The average molecular weight is 1820 g/mol. The Morgan fingerprint density at radius 1 is 0.625 bits per heavy atom. The predicted molar refractivity (Wildman–Crippen MR) is 454 cm³/mol. The van der Waals surface area contributed by atoms with Crippen molar-refractivity contribution in [3.8, 4) is 11.8 Å². The number of aliphatic hydroxyl groups is 1. The maximum atomic E-state index is 13.7. The highest BCUT2D eigenvalue weighted by atomic mass is 79.9. The van der Waals surface area contributed by atoms with Crippen LogP contribution in [-0.2, 0) is 49.7 Å². The van der Waals surface area contributed by atoms with Gasteiger partial charge in [0.1, 0.15) is 64.5 Å². The Bertz CT molecular complexity index is 4520. The number of hydrogen-bond donors (Lipinski definition) is 7. The van der Waals surface area contributed by atoms with E-state index in [1.807, 2.05) is 130 Å². The van der Waals surface area contributed by atoms with Gasteiger partial charge < -0.3 is 88.0 Å². The number of aryl methyl sites for hydroxylation is 4.